The molecule has 1 radical (unpaired) electrons. The summed E-state index contributed by atoms with van der Waals surface area (Å²) in [7, 11) is 0. The summed E-state index contributed by atoms with van der Waals surface area (Å²) in [6.45, 7) is 0. The monoisotopic (exact) mass is 261 g/mol. The van der Waals surface area contributed by atoms with Crippen LogP contribution in [0.15, 0.2) is 18.2 Å². The second kappa shape index (κ2) is 4.36. The van der Waals surface area contributed by atoms with Crippen molar-refractivity contribution in [1.29, 1.82) is 0 Å². The van der Waals surface area contributed by atoms with E-state index in [2.05, 4.69) is 0 Å². The fraction of sp³-hybridized carbons (Fsp3) is 0. The molecule has 0 heterocycles. The predicted octanol–water partition coefficient (Wildman–Crippen LogP) is 3.99. The van der Waals surface area contributed by atoms with Gasteiger partial charge in [-0.25, -0.2) is 26.3 Å². The van der Waals surface area contributed by atoms with Gasteiger partial charge in [-0.15, -0.1) is 0 Å². The summed E-state index contributed by atoms with van der Waals surface area (Å²) >= 11 is 0. The standard InChI is InChI=1S/C12H3F6/c13-5-1-7(11(17)9(15)3-5)8-2-6(14)4-10(16)12(8)18/h1-3H. The van der Waals surface area contributed by atoms with Crippen molar-refractivity contribution >= 4 is 0 Å². The van der Waals surface area contributed by atoms with Crippen LogP contribution in [0.5, 0.6) is 0 Å². The van der Waals surface area contributed by atoms with E-state index in [9.17, 15) is 26.3 Å². The van der Waals surface area contributed by atoms with Gasteiger partial charge >= 0.3 is 0 Å². The van der Waals surface area contributed by atoms with Gasteiger partial charge in [-0.05, 0) is 12.1 Å². The molecule has 0 amide bonds. The molecule has 0 aliphatic rings. The minimum Gasteiger partial charge on any atom is -0.207 e. The van der Waals surface area contributed by atoms with E-state index in [-0.39, 0.29) is 6.07 Å². The van der Waals surface area contributed by atoms with Crippen molar-refractivity contribution in [3.8, 4) is 11.1 Å². The second-order valence-corrected chi connectivity index (χ2v) is 3.41. The third-order valence-electron chi connectivity index (χ3n) is 2.21. The minimum absolute atomic E-state index is 0.235. The summed E-state index contributed by atoms with van der Waals surface area (Å²) in [4.78, 5) is 0. The Morgan fingerprint density at radius 1 is 0.722 bits per heavy atom. The highest BCUT2D eigenvalue weighted by atomic mass is 19.2. The Morgan fingerprint density at radius 2 is 1.33 bits per heavy atom. The molecule has 0 atom stereocenters. The zero-order valence-corrected chi connectivity index (χ0v) is 8.50. The van der Waals surface area contributed by atoms with Crippen LogP contribution < -0.4 is 0 Å². The molecular weight excluding hydrogens is 258 g/mol. The molecule has 0 aliphatic carbocycles. The molecule has 0 saturated carbocycles. The lowest BCUT2D eigenvalue weighted by molar-refractivity contribution is 0.486. The molecule has 0 N–H and O–H groups in total. The molecule has 0 nitrogen and oxygen atoms in total. The molecule has 0 aliphatic heterocycles. The third kappa shape index (κ3) is 2.05. The summed E-state index contributed by atoms with van der Waals surface area (Å²) < 4.78 is 78.2. The van der Waals surface area contributed by atoms with Crippen LogP contribution in [0.2, 0.25) is 0 Å². The molecule has 2 aromatic carbocycles. The zero-order chi connectivity index (χ0) is 13.4. The van der Waals surface area contributed by atoms with E-state index in [1.807, 2.05) is 0 Å². The van der Waals surface area contributed by atoms with Gasteiger partial charge in [-0.1, -0.05) is 0 Å². The van der Waals surface area contributed by atoms with Crippen molar-refractivity contribution in [1.82, 2.24) is 0 Å². The quantitative estimate of drug-likeness (QED) is 0.538. The molecule has 0 fully saturated rings. The van der Waals surface area contributed by atoms with Crippen LogP contribution in [0.1, 0.15) is 0 Å². The van der Waals surface area contributed by atoms with E-state index >= 15 is 0 Å². The van der Waals surface area contributed by atoms with Gasteiger partial charge < -0.3 is 0 Å². The van der Waals surface area contributed by atoms with Crippen molar-refractivity contribution in [3.05, 3.63) is 59.2 Å². The molecule has 0 unspecified atom stereocenters. The molecular formula is C12H3F6. The highest BCUT2D eigenvalue weighted by Gasteiger charge is 2.19. The Kier molecular flexibility index (Phi) is 3.02. The van der Waals surface area contributed by atoms with Crippen molar-refractivity contribution in [2.45, 2.75) is 0 Å². The predicted molar refractivity (Wildman–Crippen MR) is 50.5 cm³/mol. The highest BCUT2D eigenvalue weighted by molar-refractivity contribution is 5.65. The SMILES string of the molecule is Fc1[c]c(F)c(F)c(-c2cc(F)cc(F)c2F)c1. The van der Waals surface area contributed by atoms with Crippen molar-refractivity contribution < 1.29 is 26.3 Å². The lowest BCUT2D eigenvalue weighted by atomic mass is 10.0. The molecule has 0 bridgehead atoms. The maximum Gasteiger partial charge on any atom is 0.170 e. The highest BCUT2D eigenvalue weighted by Crippen LogP contribution is 2.29. The van der Waals surface area contributed by atoms with E-state index < -0.39 is 46.0 Å². The van der Waals surface area contributed by atoms with E-state index in [1.54, 1.807) is 0 Å². The van der Waals surface area contributed by atoms with Crippen LogP contribution in [-0.4, -0.2) is 0 Å². The topological polar surface area (TPSA) is 0 Å². The minimum atomic E-state index is -1.70. The molecule has 2 rings (SSSR count). The number of halogens is 6. The van der Waals surface area contributed by atoms with E-state index in [0.29, 0.717) is 12.1 Å². The maximum atomic E-state index is 13.3. The summed E-state index contributed by atoms with van der Waals surface area (Å²) in [6.07, 6.45) is 0. The number of hydrogen-bond acceptors (Lipinski definition) is 0. The Morgan fingerprint density at radius 3 is 2.00 bits per heavy atom. The van der Waals surface area contributed by atoms with Crippen LogP contribution >= 0.6 is 0 Å². The smallest absolute Gasteiger partial charge is 0.170 e. The Hall–Kier alpha value is -1.98. The van der Waals surface area contributed by atoms with Gasteiger partial charge in [0.2, 0.25) is 0 Å². The Balaban J connectivity index is 2.77. The van der Waals surface area contributed by atoms with Crippen LogP contribution in [0, 0.1) is 41.0 Å². The van der Waals surface area contributed by atoms with Crippen LogP contribution in [0.4, 0.5) is 26.3 Å². The average Bonchev–Trinajstić information content (AvgIpc) is 2.28. The Labute approximate surface area is 97.5 Å². The number of benzene rings is 2. The number of hydrogen-bond donors (Lipinski definition) is 0. The fourth-order valence-corrected chi connectivity index (χ4v) is 1.45. The maximum absolute atomic E-state index is 13.3. The molecule has 18 heavy (non-hydrogen) atoms. The summed E-state index contributed by atoms with van der Waals surface area (Å²) in [6, 6.07) is 2.45. The van der Waals surface area contributed by atoms with Crippen LogP contribution in [-0.2, 0) is 0 Å². The van der Waals surface area contributed by atoms with E-state index in [0.717, 1.165) is 0 Å². The van der Waals surface area contributed by atoms with Crippen LogP contribution in [0.3, 0.4) is 0 Å². The molecule has 2 aromatic rings. The molecule has 0 aromatic heterocycles. The largest absolute Gasteiger partial charge is 0.207 e. The summed E-state index contributed by atoms with van der Waals surface area (Å²) in [5.41, 5.74) is -1.82. The second-order valence-electron chi connectivity index (χ2n) is 3.41. The molecule has 6 heteroatoms. The lowest BCUT2D eigenvalue weighted by Gasteiger charge is -2.07. The summed E-state index contributed by atoms with van der Waals surface area (Å²) in [5.74, 6) is -9.03. The first-order chi connectivity index (χ1) is 8.40. The summed E-state index contributed by atoms with van der Waals surface area (Å²) in [5, 5.41) is 0. The normalized spacial score (nSPS) is 10.8. The third-order valence-corrected chi connectivity index (χ3v) is 2.21. The molecule has 0 spiro atoms. The Bertz CT molecular complexity index is 565. The fourth-order valence-electron chi connectivity index (χ4n) is 1.45. The van der Waals surface area contributed by atoms with Gasteiger partial charge in [0.15, 0.2) is 23.3 Å². The van der Waals surface area contributed by atoms with Gasteiger partial charge in [0.1, 0.15) is 11.6 Å². The average molecular weight is 261 g/mol. The molecule has 0 saturated heterocycles. The van der Waals surface area contributed by atoms with Crippen molar-refractivity contribution in [3.63, 3.8) is 0 Å². The number of rotatable bonds is 1. The van der Waals surface area contributed by atoms with Gasteiger partial charge in [-0.3, -0.25) is 0 Å². The van der Waals surface area contributed by atoms with Gasteiger partial charge in [0.05, 0.1) is 6.07 Å². The first kappa shape index (κ1) is 12.5. The first-order valence-corrected chi connectivity index (χ1v) is 4.62. The van der Waals surface area contributed by atoms with E-state index in [1.165, 1.54) is 6.07 Å². The van der Waals surface area contributed by atoms with Gasteiger partial charge in [-0.2, -0.15) is 0 Å². The van der Waals surface area contributed by atoms with Gasteiger partial charge in [0.25, 0.3) is 0 Å². The van der Waals surface area contributed by atoms with E-state index in [4.69, 9.17) is 0 Å². The molecule has 93 valence electrons. The van der Waals surface area contributed by atoms with Crippen LogP contribution in [0.25, 0.3) is 11.1 Å². The van der Waals surface area contributed by atoms with Crippen molar-refractivity contribution in [2.24, 2.45) is 0 Å². The van der Waals surface area contributed by atoms with Gasteiger partial charge in [0, 0.05) is 17.2 Å². The zero-order valence-electron chi connectivity index (χ0n) is 8.50. The van der Waals surface area contributed by atoms with Crippen molar-refractivity contribution in [2.75, 3.05) is 0 Å². The first-order valence-electron chi connectivity index (χ1n) is 4.62. The lowest BCUT2D eigenvalue weighted by Crippen LogP contribution is -1.98.